The summed E-state index contributed by atoms with van der Waals surface area (Å²) in [5.74, 6) is 0. The molecular weight excluding hydrogens is 199 g/mol. The molecule has 0 aliphatic rings. The van der Waals surface area contributed by atoms with Crippen LogP contribution in [0.4, 0.5) is 0 Å². The molecule has 82 valence electrons. The Morgan fingerprint density at radius 2 is 1.15 bits per heavy atom. The fourth-order valence-electron chi connectivity index (χ4n) is 0.387. The predicted molar refractivity (Wildman–Crippen MR) is 48.1 cm³/mol. The topological polar surface area (TPSA) is 88.4 Å². The average Bonchev–Trinajstić information content (AvgIpc) is 2.03. The Kier molecular flexibility index (Phi) is 17.7. The second-order valence-electron chi connectivity index (χ2n) is 1.87. The molecule has 3 N–H and O–H groups in total. The zero-order valence-corrected chi connectivity index (χ0v) is 8.74. The van der Waals surface area contributed by atoms with Gasteiger partial charge in [0, 0.05) is 14.2 Å². The molecule has 6 nitrogen and oxygen atoms in total. The Labute approximate surface area is 79.1 Å². The number of rotatable bonds is 6. The smallest absolute Gasteiger partial charge is 0.324 e. The third-order valence-electron chi connectivity index (χ3n) is 0.864. The van der Waals surface area contributed by atoms with Gasteiger partial charge in [0.15, 0.2) is 0 Å². The maximum absolute atomic E-state index is 7.23. The Morgan fingerprint density at radius 3 is 1.38 bits per heavy atom. The van der Waals surface area contributed by atoms with Crippen LogP contribution in [0.25, 0.3) is 0 Å². The van der Waals surface area contributed by atoms with Crippen molar-refractivity contribution in [2.75, 3.05) is 40.6 Å². The highest BCUT2D eigenvalue weighted by Crippen LogP contribution is 2.11. The minimum absolute atomic E-state index is 0.653. The normalized spacial score (nSPS) is 9.69. The summed E-state index contributed by atoms with van der Waals surface area (Å²) in [7, 11) is 0.685. The third kappa shape index (κ3) is 33.0. The molecule has 0 heterocycles. The lowest BCUT2D eigenvalue weighted by atomic mass is 10.7. The van der Waals surface area contributed by atoms with Crippen LogP contribution >= 0.6 is 8.60 Å². The SMILES string of the molecule is COCCOCCOC.OP(O)O. The maximum atomic E-state index is 7.23. The van der Waals surface area contributed by atoms with Crippen molar-refractivity contribution >= 4 is 8.60 Å². The molecule has 0 atom stereocenters. The van der Waals surface area contributed by atoms with Crippen LogP contribution in [0.2, 0.25) is 0 Å². The quantitative estimate of drug-likeness (QED) is 0.409. The summed E-state index contributed by atoms with van der Waals surface area (Å²) >= 11 is 0. The van der Waals surface area contributed by atoms with Crippen LogP contribution in [0.1, 0.15) is 0 Å². The molecule has 0 saturated heterocycles. The Balaban J connectivity index is 0. The van der Waals surface area contributed by atoms with Gasteiger partial charge in [0.05, 0.1) is 26.4 Å². The molecule has 7 heteroatoms. The Morgan fingerprint density at radius 1 is 0.846 bits per heavy atom. The number of methoxy groups -OCH3 is 2. The van der Waals surface area contributed by atoms with Crippen LogP contribution in [0.5, 0.6) is 0 Å². The first-order chi connectivity index (χ1) is 6.15. The predicted octanol–water partition coefficient (Wildman–Crippen LogP) is -0.514. The Bertz CT molecular complexity index is 72.8. The van der Waals surface area contributed by atoms with Gasteiger partial charge in [-0.25, -0.2) is 0 Å². The molecule has 0 fully saturated rings. The van der Waals surface area contributed by atoms with Crippen LogP contribution in [-0.4, -0.2) is 55.3 Å². The van der Waals surface area contributed by atoms with E-state index in [-0.39, 0.29) is 0 Å². The van der Waals surface area contributed by atoms with Crippen molar-refractivity contribution in [1.82, 2.24) is 0 Å². The molecule has 0 unspecified atom stereocenters. The van der Waals surface area contributed by atoms with Gasteiger partial charge in [-0.3, -0.25) is 0 Å². The monoisotopic (exact) mass is 216 g/mol. The molecule has 0 rings (SSSR count). The average molecular weight is 216 g/mol. The van der Waals surface area contributed by atoms with E-state index in [1.807, 2.05) is 0 Å². The molecule has 0 saturated carbocycles. The van der Waals surface area contributed by atoms with Gasteiger partial charge in [0.2, 0.25) is 0 Å². The van der Waals surface area contributed by atoms with E-state index < -0.39 is 8.60 Å². The lowest BCUT2D eigenvalue weighted by Crippen LogP contribution is -2.06. The molecule has 0 aromatic heterocycles. The minimum atomic E-state index is -2.62. The van der Waals surface area contributed by atoms with E-state index in [1.54, 1.807) is 14.2 Å². The molecule has 0 aliphatic heterocycles. The number of hydrogen-bond donors (Lipinski definition) is 3. The maximum Gasteiger partial charge on any atom is 0.324 e. The van der Waals surface area contributed by atoms with Crippen LogP contribution in [0.15, 0.2) is 0 Å². The molecule has 13 heavy (non-hydrogen) atoms. The fraction of sp³-hybridized carbons (Fsp3) is 1.00. The van der Waals surface area contributed by atoms with Gasteiger partial charge in [-0.1, -0.05) is 0 Å². The highest BCUT2D eigenvalue weighted by Gasteiger charge is 1.84. The first-order valence-electron chi connectivity index (χ1n) is 3.57. The van der Waals surface area contributed by atoms with E-state index in [9.17, 15) is 0 Å². The Hall–Kier alpha value is 0.190. The lowest BCUT2D eigenvalue weighted by Gasteiger charge is -2.00. The van der Waals surface area contributed by atoms with Gasteiger partial charge in [0.25, 0.3) is 0 Å². The molecule has 0 bridgehead atoms. The van der Waals surface area contributed by atoms with Gasteiger partial charge in [-0.15, -0.1) is 0 Å². The van der Waals surface area contributed by atoms with E-state index >= 15 is 0 Å². The molecule has 0 radical (unpaired) electrons. The molecule has 0 aliphatic carbocycles. The molecule has 0 amide bonds. The van der Waals surface area contributed by atoms with Gasteiger partial charge >= 0.3 is 8.60 Å². The molecule has 0 spiro atoms. The van der Waals surface area contributed by atoms with Crippen molar-refractivity contribution in [2.45, 2.75) is 0 Å². The van der Waals surface area contributed by atoms with Gasteiger partial charge in [0.1, 0.15) is 0 Å². The first-order valence-corrected chi connectivity index (χ1v) is 4.77. The summed E-state index contributed by atoms with van der Waals surface area (Å²) in [5, 5.41) is 0. The van der Waals surface area contributed by atoms with Crippen molar-refractivity contribution in [3.05, 3.63) is 0 Å². The number of hydrogen-bond acceptors (Lipinski definition) is 6. The van der Waals surface area contributed by atoms with Crippen molar-refractivity contribution in [3.63, 3.8) is 0 Å². The minimum Gasteiger partial charge on any atom is -0.382 e. The van der Waals surface area contributed by atoms with Crippen LogP contribution in [0, 0.1) is 0 Å². The fourth-order valence-corrected chi connectivity index (χ4v) is 0.387. The number of ether oxygens (including phenoxy) is 3. The molecule has 0 aromatic carbocycles. The summed E-state index contributed by atoms with van der Waals surface area (Å²) in [5.41, 5.74) is 0. The highest BCUT2D eigenvalue weighted by molar-refractivity contribution is 7.38. The van der Waals surface area contributed by atoms with Gasteiger partial charge < -0.3 is 28.9 Å². The van der Waals surface area contributed by atoms with E-state index in [0.717, 1.165) is 0 Å². The van der Waals surface area contributed by atoms with E-state index in [1.165, 1.54) is 0 Å². The second kappa shape index (κ2) is 14.7. The van der Waals surface area contributed by atoms with Crippen LogP contribution in [-0.2, 0) is 14.2 Å². The van der Waals surface area contributed by atoms with Crippen LogP contribution in [0.3, 0.4) is 0 Å². The van der Waals surface area contributed by atoms with E-state index in [0.29, 0.717) is 26.4 Å². The van der Waals surface area contributed by atoms with Crippen LogP contribution < -0.4 is 0 Å². The van der Waals surface area contributed by atoms with E-state index in [2.05, 4.69) is 0 Å². The standard InChI is InChI=1S/C6H14O3.H3O3P/c1-7-3-5-9-6-4-8-2;1-4(2)3/h3-6H2,1-2H3;1-3H. The largest absolute Gasteiger partial charge is 0.382 e. The molecule has 0 aromatic rings. The van der Waals surface area contributed by atoms with Crippen molar-refractivity contribution in [2.24, 2.45) is 0 Å². The summed E-state index contributed by atoms with van der Waals surface area (Å²) in [4.78, 5) is 21.7. The van der Waals surface area contributed by atoms with Gasteiger partial charge in [-0.05, 0) is 0 Å². The summed E-state index contributed by atoms with van der Waals surface area (Å²) in [6.07, 6.45) is 0. The van der Waals surface area contributed by atoms with Crippen molar-refractivity contribution in [1.29, 1.82) is 0 Å². The first kappa shape index (κ1) is 15.7. The van der Waals surface area contributed by atoms with E-state index in [4.69, 9.17) is 28.9 Å². The summed E-state index contributed by atoms with van der Waals surface area (Å²) < 4.78 is 14.6. The van der Waals surface area contributed by atoms with Crippen molar-refractivity contribution < 1.29 is 28.9 Å². The van der Waals surface area contributed by atoms with Gasteiger partial charge in [-0.2, -0.15) is 0 Å². The zero-order chi connectivity index (χ0) is 10.5. The molecular formula is C6H17O6P. The second-order valence-corrected chi connectivity index (χ2v) is 2.40. The third-order valence-corrected chi connectivity index (χ3v) is 0.864. The lowest BCUT2D eigenvalue weighted by molar-refractivity contribution is 0.0385. The highest BCUT2D eigenvalue weighted by atomic mass is 31.2. The summed E-state index contributed by atoms with van der Waals surface area (Å²) in [6.45, 7) is 2.62. The zero-order valence-electron chi connectivity index (χ0n) is 7.84. The van der Waals surface area contributed by atoms with Crippen molar-refractivity contribution in [3.8, 4) is 0 Å². The summed E-state index contributed by atoms with van der Waals surface area (Å²) in [6, 6.07) is 0.